The maximum Gasteiger partial charge on any atom is 0.338 e. The summed E-state index contributed by atoms with van der Waals surface area (Å²) in [6.45, 7) is 3.42. The molecule has 31 heavy (non-hydrogen) atoms. The number of nitrogens with zero attached hydrogens (tertiary/aromatic N) is 1. The second-order valence-corrected chi connectivity index (χ2v) is 9.08. The highest BCUT2D eigenvalue weighted by atomic mass is 32.2. The number of benzene rings is 3. The number of Topliss-reactive ketones (excluding diaryl/α,β-unsaturated/α-hetero) is 1. The van der Waals surface area contributed by atoms with E-state index in [-0.39, 0.29) is 16.2 Å². The topological polar surface area (TPSA) is 80.8 Å². The fourth-order valence-corrected chi connectivity index (χ4v) is 4.13. The third-order valence-corrected chi connectivity index (χ3v) is 6.66. The molecule has 0 spiro atoms. The molecule has 0 aromatic heterocycles. The Morgan fingerprint density at radius 3 is 1.97 bits per heavy atom. The molecule has 0 amide bonds. The summed E-state index contributed by atoms with van der Waals surface area (Å²) in [6, 6.07) is 21.1. The molecule has 0 aliphatic rings. The summed E-state index contributed by atoms with van der Waals surface area (Å²) in [4.78, 5) is 24.9. The Kier molecular flexibility index (Phi) is 6.56. The molecule has 6 nitrogen and oxygen atoms in total. The molecule has 0 bridgehead atoms. The second kappa shape index (κ2) is 9.14. The number of sulfonamides is 1. The van der Waals surface area contributed by atoms with Crippen molar-refractivity contribution in [1.29, 1.82) is 0 Å². The average molecular weight is 438 g/mol. The first kappa shape index (κ1) is 22.2. The lowest BCUT2D eigenvalue weighted by Gasteiger charge is -2.19. The van der Waals surface area contributed by atoms with Crippen LogP contribution in [0.25, 0.3) is 0 Å². The molecular weight excluding hydrogens is 414 g/mol. The first-order valence-corrected chi connectivity index (χ1v) is 11.1. The summed E-state index contributed by atoms with van der Waals surface area (Å²) in [6.07, 6.45) is -0.970. The lowest BCUT2D eigenvalue weighted by molar-refractivity contribution is 0.0318. The van der Waals surface area contributed by atoms with Crippen LogP contribution >= 0.6 is 0 Å². The second-order valence-electron chi connectivity index (χ2n) is 7.11. The van der Waals surface area contributed by atoms with Crippen molar-refractivity contribution in [2.24, 2.45) is 0 Å². The van der Waals surface area contributed by atoms with E-state index in [1.165, 1.54) is 42.5 Å². The largest absolute Gasteiger partial charge is 0.451 e. The van der Waals surface area contributed by atoms with Crippen molar-refractivity contribution in [1.82, 2.24) is 0 Å². The van der Waals surface area contributed by atoms with Gasteiger partial charge in [-0.15, -0.1) is 0 Å². The molecular formula is C24H23NO5S. The molecule has 160 valence electrons. The van der Waals surface area contributed by atoms with Gasteiger partial charge in [-0.3, -0.25) is 9.10 Å². The fourth-order valence-electron chi connectivity index (χ4n) is 2.93. The van der Waals surface area contributed by atoms with Gasteiger partial charge in [-0.2, -0.15) is 0 Å². The Bertz CT molecular complexity index is 1170. The fraction of sp³-hybridized carbons (Fsp3) is 0.167. The number of ether oxygens (including phenoxy) is 1. The first-order chi connectivity index (χ1) is 14.7. The molecule has 0 N–H and O–H groups in total. The van der Waals surface area contributed by atoms with Gasteiger partial charge in [0.05, 0.1) is 16.1 Å². The third kappa shape index (κ3) is 5.00. The van der Waals surface area contributed by atoms with E-state index in [4.69, 9.17) is 4.74 Å². The molecule has 0 fully saturated rings. The Hall–Kier alpha value is -3.45. The van der Waals surface area contributed by atoms with Gasteiger partial charge in [0, 0.05) is 12.6 Å². The number of para-hydroxylation sites is 1. The highest BCUT2D eigenvalue weighted by Crippen LogP contribution is 2.22. The van der Waals surface area contributed by atoms with Crippen LogP contribution in [0.1, 0.15) is 33.2 Å². The minimum absolute atomic E-state index is 0.0409. The predicted octanol–water partition coefficient (Wildman–Crippen LogP) is 4.25. The SMILES string of the molecule is Cc1ccc(C(=O)[C@H](C)OC(=O)c2ccc(S(=O)(=O)N(C)c3ccccc3)cc2)cc1. The normalized spacial score (nSPS) is 12.1. The van der Waals surface area contributed by atoms with E-state index in [1.807, 2.05) is 19.1 Å². The molecule has 0 aliphatic carbocycles. The minimum atomic E-state index is -3.78. The number of hydrogen-bond donors (Lipinski definition) is 0. The van der Waals surface area contributed by atoms with Crippen LogP contribution < -0.4 is 4.31 Å². The van der Waals surface area contributed by atoms with Crippen molar-refractivity contribution in [3.8, 4) is 0 Å². The van der Waals surface area contributed by atoms with E-state index < -0.39 is 22.1 Å². The molecule has 0 saturated carbocycles. The van der Waals surface area contributed by atoms with E-state index >= 15 is 0 Å². The zero-order chi connectivity index (χ0) is 22.6. The Morgan fingerprint density at radius 2 is 1.39 bits per heavy atom. The molecule has 0 heterocycles. The lowest BCUT2D eigenvalue weighted by Crippen LogP contribution is -2.26. The highest BCUT2D eigenvalue weighted by molar-refractivity contribution is 7.92. The van der Waals surface area contributed by atoms with Crippen LogP contribution in [0.4, 0.5) is 5.69 Å². The van der Waals surface area contributed by atoms with Gasteiger partial charge < -0.3 is 4.74 Å². The molecule has 3 aromatic rings. The maximum absolute atomic E-state index is 12.8. The Labute approximate surface area is 182 Å². The van der Waals surface area contributed by atoms with Crippen molar-refractivity contribution >= 4 is 27.5 Å². The van der Waals surface area contributed by atoms with E-state index in [9.17, 15) is 18.0 Å². The van der Waals surface area contributed by atoms with Gasteiger partial charge in [0.25, 0.3) is 10.0 Å². The smallest absolute Gasteiger partial charge is 0.338 e. The van der Waals surface area contributed by atoms with Gasteiger partial charge in [-0.1, -0.05) is 48.0 Å². The Balaban J connectivity index is 1.71. The molecule has 0 radical (unpaired) electrons. The van der Waals surface area contributed by atoms with Gasteiger partial charge >= 0.3 is 5.97 Å². The van der Waals surface area contributed by atoms with Crippen LogP contribution in [-0.4, -0.2) is 33.3 Å². The van der Waals surface area contributed by atoms with Crippen LogP contribution in [0, 0.1) is 6.92 Å². The number of carbonyl (C=O) groups excluding carboxylic acids is 2. The molecule has 3 aromatic carbocycles. The highest BCUT2D eigenvalue weighted by Gasteiger charge is 2.23. The van der Waals surface area contributed by atoms with Crippen molar-refractivity contribution < 1.29 is 22.7 Å². The first-order valence-electron chi connectivity index (χ1n) is 9.66. The van der Waals surface area contributed by atoms with E-state index in [2.05, 4.69) is 0 Å². The summed E-state index contributed by atoms with van der Waals surface area (Å²) in [7, 11) is -2.32. The number of carbonyl (C=O) groups is 2. The van der Waals surface area contributed by atoms with Gasteiger partial charge in [0.1, 0.15) is 0 Å². The summed E-state index contributed by atoms with van der Waals surface area (Å²) >= 11 is 0. The molecule has 0 saturated heterocycles. The van der Waals surface area contributed by atoms with E-state index in [0.29, 0.717) is 11.3 Å². The number of hydrogen-bond acceptors (Lipinski definition) is 5. The van der Waals surface area contributed by atoms with Crippen molar-refractivity contribution in [2.75, 3.05) is 11.4 Å². The van der Waals surface area contributed by atoms with E-state index in [0.717, 1.165) is 5.56 Å². The quantitative estimate of drug-likeness (QED) is 0.408. The van der Waals surface area contributed by atoms with Crippen molar-refractivity contribution in [2.45, 2.75) is 24.8 Å². The number of ketones is 1. The summed E-state index contributed by atoms with van der Waals surface area (Å²) < 4.78 is 32.1. The minimum Gasteiger partial charge on any atom is -0.451 e. The van der Waals surface area contributed by atoms with Gasteiger partial charge in [-0.25, -0.2) is 13.2 Å². The maximum atomic E-state index is 12.8. The molecule has 1 atom stereocenters. The number of rotatable bonds is 7. The zero-order valence-corrected chi connectivity index (χ0v) is 18.3. The summed E-state index contributed by atoms with van der Waals surface area (Å²) in [5.74, 6) is -1.01. The van der Waals surface area contributed by atoms with E-state index in [1.54, 1.807) is 42.5 Å². The van der Waals surface area contributed by atoms with Crippen LogP contribution in [0.3, 0.4) is 0 Å². The summed E-state index contributed by atoms with van der Waals surface area (Å²) in [5, 5.41) is 0. The number of anilines is 1. The van der Waals surface area contributed by atoms with Crippen LogP contribution in [0.5, 0.6) is 0 Å². The zero-order valence-electron chi connectivity index (χ0n) is 17.5. The molecule has 0 aliphatic heterocycles. The lowest BCUT2D eigenvalue weighted by atomic mass is 10.1. The molecule has 0 unspecified atom stereocenters. The van der Waals surface area contributed by atoms with Gasteiger partial charge in [0.15, 0.2) is 6.10 Å². The number of aryl methyl sites for hydroxylation is 1. The average Bonchev–Trinajstić information content (AvgIpc) is 2.79. The van der Waals surface area contributed by atoms with Crippen LogP contribution in [0.2, 0.25) is 0 Å². The number of esters is 1. The van der Waals surface area contributed by atoms with Gasteiger partial charge in [0.2, 0.25) is 5.78 Å². The monoisotopic (exact) mass is 437 g/mol. The van der Waals surface area contributed by atoms with Crippen molar-refractivity contribution in [3.63, 3.8) is 0 Å². The molecule has 7 heteroatoms. The summed E-state index contributed by atoms with van der Waals surface area (Å²) in [5.41, 5.74) is 2.16. The third-order valence-electron chi connectivity index (χ3n) is 4.86. The predicted molar refractivity (Wildman–Crippen MR) is 119 cm³/mol. The van der Waals surface area contributed by atoms with Crippen molar-refractivity contribution in [3.05, 3.63) is 95.6 Å². The van der Waals surface area contributed by atoms with Crippen LogP contribution in [0.15, 0.2) is 83.8 Å². The van der Waals surface area contributed by atoms with Gasteiger partial charge in [-0.05, 0) is 50.2 Å². The Morgan fingerprint density at radius 1 is 0.839 bits per heavy atom. The molecule has 3 rings (SSSR count). The van der Waals surface area contributed by atoms with Crippen LogP contribution in [-0.2, 0) is 14.8 Å². The standard InChI is InChI=1S/C24H23NO5S/c1-17-9-11-19(12-10-17)23(26)18(2)30-24(27)20-13-15-22(16-14-20)31(28,29)25(3)21-7-5-4-6-8-21/h4-16,18H,1-3H3/t18-/m0/s1.